The number of carbonyl (C=O) groups excluding carboxylic acids is 3. The van der Waals surface area contributed by atoms with Crippen LogP contribution in [0, 0.1) is 16.7 Å². The summed E-state index contributed by atoms with van der Waals surface area (Å²) < 4.78 is 0. The van der Waals surface area contributed by atoms with E-state index in [0.29, 0.717) is 31.6 Å². The summed E-state index contributed by atoms with van der Waals surface area (Å²) in [5, 5.41) is 17.1. The third-order valence-electron chi connectivity index (χ3n) is 6.33. The minimum atomic E-state index is -1.36. The Kier molecular flexibility index (Phi) is 7.64. The lowest BCUT2D eigenvalue weighted by molar-refractivity contribution is -0.147. The van der Waals surface area contributed by atoms with Crippen molar-refractivity contribution in [3.05, 3.63) is 29.8 Å². The smallest absolute Gasteiger partial charge is 0.328 e. The second kappa shape index (κ2) is 10.4. The largest absolute Gasteiger partial charge is 0.364 e. The number of nitrogens with one attached hydrogen (secondary N) is 3. The van der Waals surface area contributed by atoms with Crippen LogP contribution < -0.4 is 20.9 Å². The number of nitrogens with zero attached hydrogens (tertiary/aromatic N) is 2. The average Bonchev–Trinajstić information content (AvgIpc) is 2.78. The van der Waals surface area contributed by atoms with Crippen molar-refractivity contribution in [2.24, 2.45) is 5.41 Å². The number of nitriles is 1. The molecule has 2 heterocycles. The van der Waals surface area contributed by atoms with Gasteiger partial charge in [0.25, 0.3) is 0 Å². The Labute approximate surface area is 183 Å². The van der Waals surface area contributed by atoms with Gasteiger partial charge in [0.05, 0.1) is 17.7 Å². The van der Waals surface area contributed by atoms with Gasteiger partial charge in [-0.1, -0.05) is 45.4 Å². The molecule has 31 heavy (non-hydrogen) atoms. The van der Waals surface area contributed by atoms with E-state index in [4.69, 9.17) is 5.26 Å². The summed E-state index contributed by atoms with van der Waals surface area (Å²) in [6.45, 7) is 3.94. The van der Waals surface area contributed by atoms with Crippen LogP contribution in [0.25, 0.3) is 0 Å². The number of benzene rings is 1. The van der Waals surface area contributed by atoms with Crippen LogP contribution in [0.5, 0.6) is 0 Å². The highest BCUT2D eigenvalue weighted by molar-refractivity contribution is 6.20. The van der Waals surface area contributed by atoms with Gasteiger partial charge in [-0.05, 0) is 30.7 Å². The molecule has 1 atom stereocenters. The number of urea groups is 1. The minimum Gasteiger partial charge on any atom is -0.364 e. The lowest BCUT2D eigenvalue weighted by Crippen LogP contribution is -2.72. The van der Waals surface area contributed by atoms with Crippen molar-refractivity contribution < 1.29 is 14.4 Å². The highest BCUT2D eigenvalue weighted by atomic mass is 16.2. The number of imide groups is 2. The normalized spacial score (nSPS) is 20.7. The lowest BCUT2D eigenvalue weighted by atomic mass is 9.71. The van der Waals surface area contributed by atoms with E-state index >= 15 is 0 Å². The van der Waals surface area contributed by atoms with Crippen LogP contribution in [0.4, 0.5) is 10.5 Å². The summed E-state index contributed by atoms with van der Waals surface area (Å²) in [7, 11) is 0. The SMILES string of the molecule is CCCCCCCCC1(C2CNCCN2c2ccc(C#N)cc2)C(=O)NC(=O)NC1=O. The fourth-order valence-corrected chi connectivity index (χ4v) is 4.63. The molecule has 8 heteroatoms. The van der Waals surface area contributed by atoms with Crippen LogP contribution in [0.3, 0.4) is 0 Å². The summed E-state index contributed by atoms with van der Waals surface area (Å²) in [6, 6.07) is 8.07. The van der Waals surface area contributed by atoms with Crippen molar-refractivity contribution >= 4 is 23.5 Å². The van der Waals surface area contributed by atoms with Gasteiger partial charge in [0.15, 0.2) is 0 Å². The fraction of sp³-hybridized carbons (Fsp3) is 0.565. The monoisotopic (exact) mass is 425 g/mol. The van der Waals surface area contributed by atoms with Gasteiger partial charge in [0.2, 0.25) is 11.8 Å². The van der Waals surface area contributed by atoms with E-state index in [-0.39, 0.29) is 0 Å². The molecule has 3 rings (SSSR count). The Bertz CT molecular complexity index is 826. The van der Waals surface area contributed by atoms with Crippen molar-refractivity contribution in [1.29, 1.82) is 5.26 Å². The lowest BCUT2D eigenvalue weighted by Gasteiger charge is -2.48. The number of carbonyl (C=O) groups is 3. The number of rotatable bonds is 9. The second-order valence-electron chi connectivity index (χ2n) is 8.30. The van der Waals surface area contributed by atoms with Crippen LogP contribution in [0.1, 0.15) is 57.4 Å². The molecule has 0 saturated carbocycles. The summed E-state index contributed by atoms with van der Waals surface area (Å²) in [5.74, 6) is -1.05. The van der Waals surface area contributed by atoms with Gasteiger partial charge in [-0.15, -0.1) is 0 Å². The third-order valence-corrected chi connectivity index (χ3v) is 6.33. The summed E-state index contributed by atoms with van der Waals surface area (Å²) in [4.78, 5) is 40.2. The molecule has 0 aliphatic carbocycles. The summed E-state index contributed by atoms with van der Waals surface area (Å²) in [5.41, 5.74) is 0.0429. The van der Waals surface area contributed by atoms with Crippen molar-refractivity contribution in [2.75, 3.05) is 24.5 Å². The number of amides is 4. The van der Waals surface area contributed by atoms with Gasteiger partial charge in [-0.25, -0.2) is 4.79 Å². The maximum atomic E-state index is 13.2. The van der Waals surface area contributed by atoms with Crippen molar-refractivity contribution in [3.8, 4) is 6.07 Å². The van der Waals surface area contributed by atoms with Crippen molar-refractivity contribution in [1.82, 2.24) is 16.0 Å². The van der Waals surface area contributed by atoms with E-state index in [1.54, 1.807) is 12.1 Å². The number of unbranched alkanes of at least 4 members (excludes halogenated alkanes) is 5. The molecule has 0 radical (unpaired) electrons. The van der Waals surface area contributed by atoms with E-state index in [1.807, 2.05) is 12.1 Å². The molecular weight excluding hydrogens is 394 g/mol. The first kappa shape index (κ1) is 22.8. The second-order valence-corrected chi connectivity index (χ2v) is 8.30. The predicted molar refractivity (Wildman–Crippen MR) is 117 cm³/mol. The van der Waals surface area contributed by atoms with Crippen LogP contribution in [0.2, 0.25) is 0 Å². The topological polar surface area (TPSA) is 114 Å². The number of anilines is 1. The Morgan fingerprint density at radius 3 is 2.32 bits per heavy atom. The zero-order valence-electron chi connectivity index (χ0n) is 18.1. The number of hydrogen-bond donors (Lipinski definition) is 3. The van der Waals surface area contributed by atoms with E-state index < -0.39 is 29.3 Å². The zero-order valence-corrected chi connectivity index (χ0v) is 18.1. The third kappa shape index (κ3) is 4.88. The van der Waals surface area contributed by atoms with Crippen LogP contribution >= 0.6 is 0 Å². The molecule has 2 saturated heterocycles. The van der Waals surface area contributed by atoms with Gasteiger partial charge < -0.3 is 10.2 Å². The molecule has 0 aromatic heterocycles. The van der Waals surface area contributed by atoms with Crippen LogP contribution in [0.15, 0.2) is 24.3 Å². The van der Waals surface area contributed by atoms with Crippen molar-refractivity contribution in [3.63, 3.8) is 0 Å². The molecule has 166 valence electrons. The maximum Gasteiger partial charge on any atom is 0.328 e. The molecule has 1 aromatic carbocycles. The maximum absolute atomic E-state index is 13.2. The van der Waals surface area contributed by atoms with E-state index in [1.165, 1.54) is 6.42 Å². The first-order chi connectivity index (χ1) is 15.0. The van der Waals surface area contributed by atoms with E-state index in [2.05, 4.69) is 33.8 Å². The molecule has 1 unspecified atom stereocenters. The van der Waals surface area contributed by atoms with E-state index in [9.17, 15) is 14.4 Å². The van der Waals surface area contributed by atoms with E-state index in [0.717, 1.165) is 37.8 Å². The molecular formula is C23H31N5O3. The quantitative estimate of drug-likeness (QED) is 0.414. The first-order valence-electron chi connectivity index (χ1n) is 11.2. The number of hydrogen-bond acceptors (Lipinski definition) is 6. The molecule has 4 amide bonds. The number of piperazine rings is 1. The summed E-state index contributed by atoms with van der Waals surface area (Å²) >= 11 is 0. The Morgan fingerprint density at radius 1 is 1.03 bits per heavy atom. The van der Waals surface area contributed by atoms with Crippen molar-refractivity contribution in [2.45, 2.75) is 57.9 Å². The predicted octanol–water partition coefficient (Wildman–Crippen LogP) is 2.44. The molecule has 2 aliphatic heterocycles. The Balaban J connectivity index is 1.88. The highest BCUT2D eigenvalue weighted by Crippen LogP contribution is 2.38. The molecule has 8 nitrogen and oxygen atoms in total. The summed E-state index contributed by atoms with van der Waals surface area (Å²) in [6.07, 6.45) is 6.59. The molecule has 1 aromatic rings. The molecule has 0 bridgehead atoms. The fourth-order valence-electron chi connectivity index (χ4n) is 4.63. The van der Waals surface area contributed by atoms with Gasteiger partial charge in [0.1, 0.15) is 5.41 Å². The molecule has 3 N–H and O–H groups in total. The van der Waals surface area contributed by atoms with Crippen LogP contribution in [-0.4, -0.2) is 43.5 Å². The standard InChI is InChI=1S/C23H31N5O3/c1-2-3-4-5-6-7-12-23(20(29)26-22(31)27-21(23)30)19-16-25-13-14-28(19)18-10-8-17(15-24)9-11-18/h8-11,19,25H,2-7,12-14,16H2,1H3,(H2,26,27,29,30,31). The Morgan fingerprint density at radius 2 is 1.68 bits per heavy atom. The van der Waals surface area contributed by atoms with Gasteiger partial charge in [0, 0.05) is 25.3 Å². The molecule has 2 fully saturated rings. The molecule has 2 aliphatic rings. The number of barbiturate groups is 1. The average molecular weight is 426 g/mol. The van der Waals surface area contributed by atoms with Gasteiger partial charge in [-0.3, -0.25) is 20.2 Å². The zero-order chi connectivity index (χ0) is 22.3. The van der Waals surface area contributed by atoms with Gasteiger partial charge >= 0.3 is 6.03 Å². The Hall–Kier alpha value is -2.92. The first-order valence-corrected chi connectivity index (χ1v) is 11.2. The van der Waals surface area contributed by atoms with Gasteiger partial charge in [-0.2, -0.15) is 5.26 Å². The minimum absolute atomic E-state index is 0.378. The highest BCUT2D eigenvalue weighted by Gasteiger charge is 2.57. The molecule has 0 spiro atoms. The van der Waals surface area contributed by atoms with Crippen LogP contribution in [-0.2, 0) is 9.59 Å².